The molecule has 2 atom stereocenters. The molecular weight excluding hydrogens is 602 g/mol. The number of carbonyl (C=O) groups is 1. The van der Waals surface area contributed by atoms with Crippen LogP contribution >= 0.6 is 11.6 Å². The van der Waals surface area contributed by atoms with Crippen LogP contribution in [0.25, 0.3) is 15.6 Å². The summed E-state index contributed by atoms with van der Waals surface area (Å²) < 4.78 is 19.2. The van der Waals surface area contributed by atoms with Crippen LogP contribution in [0.15, 0.2) is 85.1 Å². The summed E-state index contributed by atoms with van der Waals surface area (Å²) >= 11 is 6.27. The van der Waals surface area contributed by atoms with E-state index >= 15 is 0 Å². The molecular formula is C36H40ClN3O4Si. The van der Waals surface area contributed by atoms with Gasteiger partial charge >= 0.3 is 0 Å². The number of halogens is 1. The molecule has 3 aromatic carbocycles. The lowest BCUT2D eigenvalue weighted by Crippen LogP contribution is -2.67. The summed E-state index contributed by atoms with van der Waals surface area (Å²) in [5, 5.41) is 4.17. The molecule has 1 aromatic heterocycles. The molecule has 1 aliphatic heterocycles. The molecule has 0 radical (unpaired) electrons. The molecule has 5 rings (SSSR count). The van der Waals surface area contributed by atoms with Crippen molar-refractivity contribution in [1.29, 1.82) is 0 Å². The first-order valence-corrected chi connectivity index (χ1v) is 17.7. The normalized spacial score (nSPS) is 17.1. The number of hydrogen-bond acceptors (Lipinski definition) is 5. The molecule has 1 saturated heterocycles. The summed E-state index contributed by atoms with van der Waals surface area (Å²) in [5.74, 6) is 0.675. The van der Waals surface area contributed by atoms with Crippen LogP contribution in [0.4, 0.5) is 5.69 Å². The predicted octanol–water partition coefficient (Wildman–Crippen LogP) is 7.00. The van der Waals surface area contributed by atoms with E-state index in [9.17, 15) is 4.79 Å². The Morgan fingerprint density at radius 1 is 1.02 bits per heavy atom. The van der Waals surface area contributed by atoms with Crippen LogP contribution in [-0.4, -0.2) is 56.7 Å². The zero-order valence-corrected chi connectivity index (χ0v) is 28.1. The van der Waals surface area contributed by atoms with Crippen molar-refractivity contribution in [2.45, 2.75) is 51.6 Å². The van der Waals surface area contributed by atoms with Crippen LogP contribution in [0.1, 0.15) is 40.5 Å². The fourth-order valence-corrected chi connectivity index (χ4v) is 11.2. The largest absolute Gasteiger partial charge is 0.502 e. The Kier molecular flexibility index (Phi) is 10.3. The molecule has 0 spiro atoms. The second-order valence-electron chi connectivity index (χ2n) is 12.4. The van der Waals surface area contributed by atoms with Gasteiger partial charge in [-0.25, -0.2) is 9.83 Å². The number of pyridine rings is 1. The number of rotatable bonds is 12. The van der Waals surface area contributed by atoms with Crippen LogP contribution in [0.2, 0.25) is 10.2 Å². The molecule has 1 aliphatic rings. The van der Waals surface area contributed by atoms with E-state index < -0.39 is 8.32 Å². The van der Waals surface area contributed by atoms with E-state index in [-0.39, 0.29) is 42.8 Å². The number of benzene rings is 3. The Morgan fingerprint density at radius 2 is 1.69 bits per heavy atom. The molecule has 0 bridgehead atoms. The number of ether oxygens (including phenoxy) is 2. The summed E-state index contributed by atoms with van der Waals surface area (Å²) in [5.41, 5.74) is 0.394. The van der Waals surface area contributed by atoms with Crippen molar-refractivity contribution in [2.24, 2.45) is 5.92 Å². The first kappa shape index (κ1) is 32.6. The minimum absolute atomic E-state index is 0.0748. The molecule has 0 aliphatic carbocycles. The smallest absolute Gasteiger partial charge is 0.261 e. The number of nitrogens with zero attached hydrogens (tertiary/aromatic N) is 3. The lowest BCUT2D eigenvalue weighted by atomic mass is 9.98. The Labute approximate surface area is 272 Å². The van der Waals surface area contributed by atoms with Crippen molar-refractivity contribution in [3.8, 4) is 5.75 Å². The van der Waals surface area contributed by atoms with E-state index in [2.05, 4.69) is 86.1 Å². The quantitative estimate of drug-likeness (QED) is 0.0722. The highest BCUT2D eigenvalue weighted by Gasteiger charge is 2.51. The first-order chi connectivity index (χ1) is 21.7. The summed E-state index contributed by atoms with van der Waals surface area (Å²) in [6.45, 7) is 17.5. The molecule has 0 unspecified atom stereocenters. The number of carbonyl (C=O) groups excluding carboxylic acids is 1. The summed E-state index contributed by atoms with van der Waals surface area (Å²) in [6.07, 6.45) is 2.97. The summed E-state index contributed by atoms with van der Waals surface area (Å²) in [4.78, 5) is 22.8. The van der Waals surface area contributed by atoms with Gasteiger partial charge in [-0.1, -0.05) is 106 Å². The second kappa shape index (κ2) is 14.1. The van der Waals surface area contributed by atoms with E-state index in [4.69, 9.17) is 32.1 Å². The molecule has 0 N–H and O–H groups in total. The maximum atomic E-state index is 13.3. The molecule has 1 fully saturated rings. The maximum absolute atomic E-state index is 13.3. The summed E-state index contributed by atoms with van der Waals surface area (Å²) in [7, 11) is -2.76. The maximum Gasteiger partial charge on any atom is 0.261 e. The van der Waals surface area contributed by atoms with Crippen LogP contribution in [0.5, 0.6) is 5.75 Å². The van der Waals surface area contributed by atoms with E-state index in [0.29, 0.717) is 29.6 Å². The second-order valence-corrected chi connectivity index (χ2v) is 17.1. The van der Waals surface area contributed by atoms with Gasteiger partial charge in [0.1, 0.15) is 24.2 Å². The monoisotopic (exact) mass is 641 g/mol. The van der Waals surface area contributed by atoms with E-state index in [1.54, 1.807) is 18.3 Å². The molecule has 7 nitrogen and oxygen atoms in total. The molecule has 45 heavy (non-hydrogen) atoms. The van der Waals surface area contributed by atoms with E-state index in [0.717, 1.165) is 17.2 Å². The number of hydrogen-bond donors (Lipinski definition) is 0. The highest BCUT2D eigenvalue weighted by Crippen LogP contribution is 2.39. The van der Waals surface area contributed by atoms with Crippen LogP contribution in [-0.2, 0) is 14.0 Å². The van der Waals surface area contributed by atoms with Crippen molar-refractivity contribution in [1.82, 2.24) is 9.88 Å². The van der Waals surface area contributed by atoms with Gasteiger partial charge < -0.3 is 18.8 Å². The minimum atomic E-state index is -2.76. The lowest BCUT2D eigenvalue weighted by molar-refractivity contribution is -0.135. The van der Waals surface area contributed by atoms with Gasteiger partial charge in [-0.2, -0.15) is 0 Å². The zero-order valence-electron chi connectivity index (χ0n) is 26.3. The van der Waals surface area contributed by atoms with E-state index in [1.165, 1.54) is 10.4 Å². The lowest BCUT2D eigenvalue weighted by Gasteiger charge is -2.44. The predicted molar refractivity (Wildman–Crippen MR) is 182 cm³/mol. The van der Waals surface area contributed by atoms with Crippen LogP contribution in [0, 0.1) is 12.5 Å². The SMILES string of the molecule is [C-]#[N+]c1cc2ccnc(Cl)c2cc1OCCOCN1C(=O)C[C@@H](CC)[C@H]1CO[Si](c1ccccc1)(c1ccccc1)C(C)(C)C. The Hall–Kier alpha value is -3.74. The average Bonchev–Trinajstić information content (AvgIpc) is 3.35. The molecule has 2 heterocycles. The topological polar surface area (TPSA) is 65.2 Å². The van der Waals surface area contributed by atoms with Gasteiger partial charge in [0.05, 0.1) is 25.8 Å². The highest BCUT2D eigenvalue weighted by atomic mass is 35.5. The minimum Gasteiger partial charge on any atom is -0.502 e. The fourth-order valence-electron chi connectivity index (χ4n) is 6.43. The number of fused-ring (bicyclic) bond motifs is 1. The molecule has 1 amide bonds. The van der Waals surface area contributed by atoms with Crippen LogP contribution in [0.3, 0.4) is 0 Å². The van der Waals surface area contributed by atoms with Crippen molar-refractivity contribution in [2.75, 3.05) is 26.6 Å². The Bertz CT molecular complexity index is 1620. The third-order valence-corrected chi connectivity index (χ3v) is 14.1. The molecule has 9 heteroatoms. The number of amides is 1. The Balaban J connectivity index is 1.29. The third-order valence-electron chi connectivity index (χ3n) is 8.74. The standard InChI is InChI=1S/C36H40ClN3O4Si/c1-6-26-22-34(41)40(25-42-19-20-43-33-23-30-27(21-31(33)38-5)17-18-39-35(30)37)32(26)24-44-45(36(2,3)4,28-13-9-7-10-14-28)29-15-11-8-12-16-29/h7-18,21,23,26,32H,6,19-20,22,24-25H2,1-4H3/t26-,32-/m1/s1. The molecule has 234 valence electrons. The summed E-state index contributed by atoms with van der Waals surface area (Å²) in [6, 6.07) is 26.3. The Morgan fingerprint density at radius 3 is 2.29 bits per heavy atom. The average molecular weight is 642 g/mol. The van der Waals surface area contributed by atoms with Crippen molar-refractivity contribution < 1.29 is 18.7 Å². The van der Waals surface area contributed by atoms with Gasteiger partial charge in [-0.3, -0.25) is 4.79 Å². The van der Waals surface area contributed by atoms with Gasteiger partial charge in [0.15, 0.2) is 0 Å². The van der Waals surface area contributed by atoms with Gasteiger partial charge in [0.2, 0.25) is 11.6 Å². The van der Waals surface area contributed by atoms with Gasteiger partial charge in [0, 0.05) is 18.0 Å². The van der Waals surface area contributed by atoms with Crippen molar-refractivity contribution in [3.05, 3.63) is 102 Å². The fraction of sp³-hybridized carbons (Fsp3) is 0.361. The van der Waals surface area contributed by atoms with Gasteiger partial charge in [0.25, 0.3) is 8.32 Å². The third kappa shape index (κ3) is 6.77. The van der Waals surface area contributed by atoms with Crippen LogP contribution < -0.4 is 15.1 Å². The van der Waals surface area contributed by atoms with Crippen molar-refractivity contribution in [3.63, 3.8) is 0 Å². The van der Waals surface area contributed by atoms with Gasteiger partial charge in [-0.15, -0.1) is 0 Å². The number of aromatic nitrogens is 1. The molecule has 4 aromatic rings. The number of likely N-dealkylation sites (tertiary alicyclic amines) is 1. The first-order valence-electron chi connectivity index (χ1n) is 15.4. The molecule has 0 saturated carbocycles. The van der Waals surface area contributed by atoms with Gasteiger partial charge in [-0.05, 0) is 44.9 Å². The van der Waals surface area contributed by atoms with Crippen molar-refractivity contribution >= 4 is 52.7 Å². The van der Waals surface area contributed by atoms with E-state index in [1.807, 2.05) is 23.1 Å². The highest BCUT2D eigenvalue weighted by molar-refractivity contribution is 6.99. The zero-order chi connectivity index (χ0) is 32.0.